The van der Waals surface area contributed by atoms with Crippen LogP contribution in [0.5, 0.6) is 0 Å². The van der Waals surface area contributed by atoms with Crippen molar-refractivity contribution in [3.05, 3.63) is 0 Å². The third kappa shape index (κ3) is 6.16. The van der Waals surface area contributed by atoms with E-state index in [0.717, 1.165) is 25.7 Å². The first-order valence-corrected chi connectivity index (χ1v) is 6.49. The zero-order valence-corrected chi connectivity index (χ0v) is 10.6. The molecular weight excluding hydrogens is 186 g/mol. The molecule has 0 heterocycles. The quantitative estimate of drug-likeness (QED) is 0.626. The lowest BCUT2D eigenvalue weighted by Crippen LogP contribution is -2.29. The van der Waals surface area contributed by atoms with Gasteiger partial charge in [-0.05, 0) is 18.3 Å². The van der Waals surface area contributed by atoms with Crippen LogP contribution in [0.4, 0.5) is 0 Å². The summed E-state index contributed by atoms with van der Waals surface area (Å²) in [6.45, 7) is 9.57. The van der Waals surface area contributed by atoms with Crippen LogP contribution in [0.1, 0.15) is 46.5 Å². The van der Waals surface area contributed by atoms with E-state index < -0.39 is 0 Å². The van der Waals surface area contributed by atoms with Crippen molar-refractivity contribution in [1.82, 2.24) is 5.32 Å². The SMILES string of the molecule is CC(CNC(C)C)COCCC1CCC1. The summed E-state index contributed by atoms with van der Waals surface area (Å²) in [6, 6.07) is 0.586. The van der Waals surface area contributed by atoms with Crippen molar-refractivity contribution in [3.8, 4) is 0 Å². The van der Waals surface area contributed by atoms with E-state index in [1.165, 1.54) is 25.7 Å². The Labute approximate surface area is 94.8 Å². The van der Waals surface area contributed by atoms with E-state index in [1.807, 2.05) is 0 Å². The predicted molar refractivity (Wildman–Crippen MR) is 65.1 cm³/mol. The monoisotopic (exact) mass is 213 g/mol. The van der Waals surface area contributed by atoms with Crippen LogP contribution >= 0.6 is 0 Å². The van der Waals surface area contributed by atoms with Crippen LogP contribution in [0.2, 0.25) is 0 Å². The highest BCUT2D eigenvalue weighted by Gasteiger charge is 2.16. The normalized spacial score (nSPS) is 19.2. The molecule has 2 nitrogen and oxygen atoms in total. The molecule has 15 heavy (non-hydrogen) atoms. The summed E-state index contributed by atoms with van der Waals surface area (Å²) in [5.41, 5.74) is 0. The van der Waals surface area contributed by atoms with Gasteiger partial charge in [-0.25, -0.2) is 0 Å². The van der Waals surface area contributed by atoms with Gasteiger partial charge in [-0.15, -0.1) is 0 Å². The van der Waals surface area contributed by atoms with Crippen molar-refractivity contribution < 1.29 is 4.74 Å². The average molecular weight is 213 g/mol. The molecule has 1 fully saturated rings. The predicted octanol–water partition coefficient (Wildman–Crippen LogP) is 2.83. The van der Waals surface area contributed by atoms with E-state index in [9.17, 15) is 0 Å². The molecule has 0 saturated heterocycles. The molecule has 1 aliphatic carbocycles. The van der Waals surface area contributed by atoms with E-state index in [1.54, 1.807) is 0 Å². The minimum absolute atomic E-state index is 0.586. The molecule has 1 saturated carbocycles. The van der Waals surface area contributed by atoms with Crippen LogP contribution < -0.4 is 5.32 Å². The molecule has 0 aliphatic heterocycles. The largest absolute Gasteiger partial charge is 0.381 e. The molecule has 1 aliphatic rings. The van der Waals surface area contributed by atoms with Gasteiger partial charge in [-0.2, -0.15) is 0 Å². The first kappa shape index (κ1) is 13.0. The first-order valence-electron chi connectivity index (χ1n) is 6.49. The molecule has 1 N–H and O–H groups in total. The van der Waals surface area contributed by atoms with Crippen molar-refractivity contribution in [2.75, 3.05) is 19.8 Å². The highest BCUT2D eigenvalue weighted by Crippen LogP contribution is 2.29. The second-order valence-corrected chi connectivity index (χ2v) is 5.33. The zero-order valence-electron chi connectivity index (χ0n) is 10.6. The van der Waals surface area contributed by atoms with Crippen LogP contribution in [-0.2, 0) is 4.74 Å². The summed E-state index contributed by atoms with van der Waals surface area (Å²) >= 11 is 0. The second-order valence-electron chi connectivity index (χ2n) is 5.33. The number of rotatable bonds is 8. The number of hydrogen-bond donors (Lipinski definition) is 1. The zero-order chi connectivity index (χ0) is 11.1. The van der Waals surface area contributed by atoms with Gasteiger partial charge in [0.25, 0.3) is 0 Å². The molecule has 1 atom stereocenters. The topological polar surface area (TPSA) is 21.3 Å². The Hall–Kier alpha value is -0.0800. The van der Waals surface area contributed by atoms with Gasteiger partial charge in [0.05, 0.1) is 6.61 Å². The highest BCUT2D eigenvalue weighted by molar-refractivity contribution is 4.69. The third-order valence-corrected chi connectivity index (χ3v) is 3.17. The smallest absolute Gasteiger partial charge is 0.0503 e. The standard InChI is InChI=1S/C13H27NO/c1-11(2)14-9-12(3)10-15-8-7-13-5-4-6-13/h11-14H,4-10H2,1-3H3. The maximum absolute atomic E-state index is 5.69. The van der Waals surface area contributed by atoms with E-state index in [0.29, 0.717) is 12.0 Å². The summed E-state index contributed by atoms with van der Waals surface area (Å²) < 4.78 is 5.69. The van der Waals surface area contributed by atoms with Crippen LogP contribution in [0, 0.1) is 11.8 Å². The molecule has 1 unspecified atom stereocenters. The summed E-state index contributed by atoms with van der Waals surface area (Å²) in [5.74, 6) is 1.61. The van der Waals surface area contributed by atoms with E-state index in [4.69, 9.17) is 4.74 Å². The fourth-order valence-electron chi connectivity index (χ4n) is 1.81. The molecule has 0 aromatic carbocycles. The van der Waals surface area contributed by atoms with Crippen LogP contribution in [0.25, 0.3) is 0 Å². The molecule has 0 aromatic rings. The fourth-order valence-corrected chi connectivity index (χ4v) is 1.81. The van der Waals surface area contributed by atoms with Gasteiger partial charge < -0.3 is 10.1 Å². The van der Waals surface area contributed by atoms with Gasteiger partial charge in [-0.1, -0.05) is 40.0 Å². The highest BCUT2D eigenvalue weighted by atomic mass is 16.5. The van der Waals surface area contributed by atoms with Gasteiger partial charge in [0.2, 0.25) is 0 Å². The average Bonchev–Trinajstić information content (AvgIpc) is 2.11. The Morgan fingerprint density at radius 2 is 2.00 bits per heavy atom. The van der Waals surface area contributed by atoms with Crippen molar-refractivity contribution in [1.29, 1.82) is 0 Å². The van der Waals surface area contributed by atoms with Crippen LogP contribution in [-0.4, -0.2) is 25.8 Å². The molecule has 0 bridgehead atoms. The van der Waals surface area contributed by atoms with Gasteiger partial charge in [-0.3, -0.25) is 0 Å². The molecule has 0 radical (unpaired) electrons. The summed E-state index contributed by atoms with van der Waals surface area (Å²) in [5, 5.41) is 3.44. The molecule has 0 spiro atoms. The molecule has 0 amide bonds. The molecule has 0 aromatic heterocycles. The minimum atomic E-state index is 0.586. The van der Waals surface area contributed by atoms with E-state index >= 15 is 0 Å². The molecule has 2 heteroatoms. The number of ether oxygens (including phenoxy) is 1. The lowest BCUT2D eigenvalue weighted by Gasteiger charge is -2.25. The Kier molecular flexibility index (Phi) is 6.26. The van der Waals surface area contributed by atoms with Crippen LogP contribution in [0.15, 0.2) is 0 Å². The molecular formula is C13H27NO. The van der Waals surface area contributed by atoms with Gasteiger partial charge in [0, 0.05) is 19.2 Å². The Balaban J connectivity index is 1.85. The Bertz CT molecular complexity index is 155. The van der Waals surface area contributed by atoms with Gasteiger partial charge >= 0.3 is 0 Å². The van der Waals surface area contributed by atoms with Crippen molar-refractivity contribution >= 4 is 0 Å². The lowest BCUT2D eigenvalue weighted by atomic mass is 9.83. The van der Waals surface area contributed by atoms with Crippen LogP contribution in [0.3, 0.4) is 0 Å². The summed E-state index contributed by atoms with van der Waals surface area (Å²) in [7, 11) is 0. The van der Waals surface area contributed by atoms with Gasteiger partial charge in [0.15, 0.2) is 0 Å². The number of hydrogen-bond acceptors (Lipinski definition) is 2. The maximum Gasteiger partial charge on any atom is 0.0503 e. The maximum atomic E-state index is 5.69. The van der Waals surface area contributed by atoms with E-state index in [2.05, 4.69) is 26.1 Å². The fraction of sp³-hybridized carbons (Fsp3) is 1.00. The van der Waals surface area contributed by atoms with E-state index in [-0.39, 0.29) is 0 Å². The summed E-state index contributed by atoms with van der Waals surface area (Å²) in [6.07, 6.45) is 5.60. The van der Waals surface area contributed by atoms with Crippen molar-refractivity contribution in [2.45, 2.75) is 52.5 Å². The van der Waals surface area contributed by atoms with Crippen molar-refractivity contribution in [3.63, 3.8) is 0 Å². The summed E-state index contributed by atoms with van der Waals surface area (Å²) in [4.78, 5) is 0. The Morgan fingerprint density at radius 1 is 1.27 bits per heavy atom. The molecule has 1 rings (SSSR count). The second kappa shape index (κ2) is 7.24. The third-order valence-electron chi connectivity index (χ3n) is 3.17. The Morgan fingerprint density at radius 3 is 2.53 bits per heavy atom. The van der Waals surface area contributed by atoms with Gasteiger partial charge in [0.1, 0.15) is 0 Å². The number of nitrogens with one attached hydrogen (secondary N) is 1. The lowest BCUT2D eigenvalue weighted by molar-refractivity contribution is 0.0826. The minimum Gasteiger partial charge on any atom is -0.381 e. The first-order chi connectivity index (χ1) is 7.18. The molecule has 90 valence electrons. The van der Waals surface area contributed by atoms with Crippen molar-refractivity contribution in [2.24, 2.45) is 11.8 Å².